The van der Waals surface area contributed by atoms with Gasteiger partial charge in [-0.3, -0.25) is 14.2 Å². The molecule has 0 saturated carbocycles. The van der Waals surface area contributed by atoms with Gasteiger partial charge in [0.1, 0.15) is 11.7 Å². The third-order valence-corrected chi connectivity index (χ3v) is 6.39. The zero-order valence-electron chi connectivity index (χ0n) is 21.8. The molecule has 0 saturated heterocycles. The van der Waals surface area contributed by atoms with Crippen LogP contribution in [0.4, 0.5) is 0 Å². The van der Waals surface area contributed by atoms with E-state index in [0.717, 1.165) is 11.8 Å². The number of aromatic amines is 1. The lowest BCUT2D eigenvalue weighted by Crippen LogP contribution is -2.46. The number of benzene rings is 2. The molecule has 1 amide bonds. The lowest BCUT2D eigenvalue weighted by Gasteiger charge is -2.27. The number of H-pyrrole nitrogens is 1. The fraction of sp³-hybridized carbons (Fsp3) is 0.345. The van der Waals surface area contributed by atoms with Crippen molar-refractivity contribution in [2.75, 3.05) is 6.61 Å². The fourth-order valence-corrected chi connectivity index (χ4v) is 4.86. The highest BCUT2D eigenvalue weighted by atomic mass is 35.5. The molecule has 194 valence electrons. The summed E-state index contributed by atoms with van der Waals surface area (Å²) in [7, 11) is 0. The molecule has 4 aromatic rings. The standard InChI is InChI=1S/C29H32ClN3O4/c1-6-10-20-22-23(31-24(20)28(36)37-7-2)19-11-8-9-12-21(19)33(27(22)35)25(26(34)32-29(3,4)5)17-13-15-18(30)16-14-17/h8-9,11-16,25,31H,6-7,10H2,1-5H3,(H,32,34). The summed E-state index contributed by atoms with van der Waals surface area (Å²) in [6.07, 6.45) is 1.22. The summed E-state index contributed by atoms with van der Waals surface area (Å²) in [6, 6.07) is 13.4. The third-order valence-electron chi connectivity index (χ3n) is 6.14. The van der Waals surface area contributed by atoms with Crippen molar-refractivity contribution < 1.29 is 14.3 Å². The van der Waals surface area contributed by atoms with Gasteiger partial charge in [-0.05, 0) is 63.4 Å². The molecule has 1 atom stereocenters. The quantitative estimate of drug-likeness (QED) is 0.302. The predicted molar refractivity (Wildman–Crippen MR) is 148 cm³/mol. The highest BCUT2D eigenvalue weighted by Gasteiger charge is 2.31. The monoisotopic (exact) mass is 521 g/mol. The van der Waals surface area contributed by atoms with Crippen LogP contribution in [0.2, 0.25) is 5.02 Å². The average molecular weight is 522 g/mol. The molecule has 2 heterocycles. The van der Waals surface area contributed by atoms with Crippen molar-refractivity contribution in [2.45, 2.75) is 59.0 Å². The van der Waals surface area contributed by atoms with Crippen molar-refractivity contribution in [3.8, 4) is 0 Å². The van der Waals surface area contributed by atoms with E-state index >= 15 is 0 Å². The Labute approximate surface area is 220 Å². The van der Waals surface area contributed by atoms with Crippen LogP contribution in [0, 0.1) is 0 Å². The van der Waals surface area contributed by atoms with Gasteiger partial charge >= 0.3 is 5.97 Å². The number of rotatable bonds is 7. The van der Waals surface area contributed by atoms with Crippen LogP contribution in [-0.4, -0.2) is 33.6 Å². The molecule has 0 fully saturated rings. The molecule has 37 heavy (non-hydrogen) atoms. The predicted octanol–water partition coefficient (Wildman–Crippen LogP) is 5.77. The number of aryl methyl sites for hydroxylation is 1. The number of esters is 1. The molecule has 0 aliphatic heterocycles. The Kier molecular flexibility index (Phi) is 7.46. The van der Waals surface area contributed by atoms with Crippen molar-refractivity contribution in [2.24, 2.45) is 0 Å². The highest BCUT2D eigenvalue weighted by Crippen LogP contribution is 2.32. The molecule has 0 aliphatic rings. The lowest BCUT2D eigenvalue weighted by atomic mass is 10.00. The second-order valence-electron chi connectivity index (χ2n) is 10.1. The van der Waals surface area contributed by atoms with Crippen molar-refractivity contribution in [1.29, 1.82) is 0 Å². The van der Waals surface area contributed by atoms with E-state index in [2.05, 4.69) is 10.3 Å². The number of nitrogens with zero attached hydrogens (tertiary/aromatic N) is 1. The average Bonchev–Trinajstić information content (AvgIpc) is 3.22. The van der Waals surface area contributed by atoms with E-state index in [1.807, 2.05) is 52.0 Å². The topological polar surface area (TPSA) is 93.2 Å². The number of ether oxygens (including phenoxy) is 1. The number of hydrogen-bond acceptors (Lipinski definition) is 4. The van der Waals surface area contributed by atoms with Gasteiger partial charge in [0.25, 0.3) is 5.56 Å². The van der Waals surface area contributed by atoms with E-state index in [-0.39, 0.29) is 23.8 Å². The molecule has 0 aliphatic carbocycles. The van der Waals surface area contributed by atoms with Gasteiger partial charge in [-0.25, -0.2) is 4.79 Å². The third kappa shape index (κ3) is 5.14. The number of nitrogens with one attached hydrogen (secondary N) is 2. The van der Waals surface area contributed by atoms with E-state index in [1.54, 1.807) is 31.2 Å². The molecule has 2 N–H and O–H groups in total. The summed E-state index contributed by atoms with van der Waals surface area (Å²) in [4.78, 5) is 44.2. The minimum Gasteiger partial charge on any atom is -0.461 e. The molecule has 1 unspecified atom stereocenters. The van der Waals surface area contributed by atoms with Crippen LogP contribution in [0.15, 0.2) is 53.3 Å². The van der Waals surface area contributed by atoms with E-state index in [4.69, 9.17) is 16.3 Å². The van der Waals surface area contributed by atoms with Crippen LogP contribution in [0.1, 0.15) is 68.7 Å². The van der Waals surface area contributed by atoms with E-state index < -0.39 is 17.6 Å². The second kappa shape index (κ2) is 10.4. The molecule has 2 aromatic carbocycles. The molecule has 8 heteroatoms. The molecular weight excluding hydrogens is 490 g/mol. The molecule has 7 nitrogen and oxygen atoms in total. The molecule has 4 rings (SSSR count). The first kappa shape index (κ1) is 26.5. The van der Waals surface area contributed by atoms with Gasteiger partial charge in [0.2, 0.25) is 5.91 Å². The number of fused-ring (bicyclic) bond motifs is 3. The Balaban J connectivity index is 2.12. The molecule has 2 aromatic heterocycles. The maximum atomic E-state index is 14.4. The molecule has 0 bridgehead atoms. The first-order valence-corrected chi connectivity index (χ1v) is 12.9. The van der Waals surface area contributed by atoms with Crippen molar-refractivity contribution >= 4 is 45.3 Å². The number of carbonyl (C=O) groups excluding carboxylic acids is 2. The minimum absolute atomic E-state index is 0.219. The zero-order valence-corrected chi connectivity index (χ0v) is 22.5. The van der Waals surface area contributed by atoms with E-state index in [1.165, 1.54) is 4.57 Å². The van der Waals surface area contributed by atoms with Crippen LogP contribution in [0.3, 0.4) is 0 Å². The fourth-order valence-electron chi connectivity index (χ4n) is 4.74. The summed E-state index contributed by atoms with van der Waals surface area (Å²) in [5.74, 6) is -0.823. The Morgan fingerprint density at radius 1 is 1.08 bits per heavy atom. The number of pyridine rings is 1. The number of halogens is 1. The van der Waals surface area contributed by atoms with Crippen molar-refractivity contribution in [3.63, 3.8) is 0 Å². The Morgan fingerprint density at radius 2 is 1.76 bits per heavy atom. The van der Waals surface area contributed by atoms with Crippen molar-refractivity contribution in [3.05, 3.63) is 80.7 Å². The van der Waals surface area contributed by atoms with Gasteiger partial charge in [0.05, 0.1) is 23.0 Å². The van der Waals surface area contributed by atoms with Gasteiger partial charge in [0, 0.05) is 15.9 Å². The molecule has 0 radical (unpaired) electrons. The smallest absolute Gasteiger partial charge is 0.355 e. The van der Waals surface area contributed by atoms with Crippen LogP contribution in [0.5, 0.6) is 0 Å². The van der Waals surface area contributed by atoms with Gasteiger partial charge in [-0.1, -0.05) is 55.3 Å². The number of aromatic nitrogens is 2. The number of hydrogen-bond donors (Lipinski definition) is 2. The van der Waals surface area contributed by atoms with Crippen LogP contribution in [0.25, 0.3) is 21.8 Å². The molecule has 0 spiro atoms. The summed E-state index contributed by atoms with van der Waals surface area (Å²) < 4.78 is 6.82. The van der Waals surface area contributed by atoms with Gasteiger partial charge in [0.15, 0.2) is 0 Å². The lowest BCUT2D eigenvalue weighted by molar-refractivity contribution is -0.124. The highest BCUT2D eigenvalue weighted by molar-refractivity contribution is 6.30. The first-order valence-electron chi connectivity index (χ1n) is 12.5. The van der Waals surface area contributed by atoms with Gasteiger partial charge in [-0.15, -0.1) is 0 Å². The van der Waals surface area contributed by atoms with Crippen LogP contribution in [-0.2, 0) is 16.0 Å². The van der Waals surface area contributed by atoms with Crippen LogP contribution >= 0.6 is 11.6 Å². The summed E-state index contributed by atoms with van der Waals surface area (Å²) in [5, 5.41) is 4.69. The summed E-state index contributed by atoms with van der Waals surface area (Å²) >= 11 is 6.15. The Morgan fingerprint density at radius 3 is 2.38 bits per heavy atom. The molecular formula is C29H32ClN3O4. The van der Waals surface area contributed by atoms with Crippen molar-refractivity contribution in [1.82, 2.24) is 14.9 Å². The zero-order chi connectivity index (χ0) is 26.9. The largest absolute Gasteiger partial charge is 0.461 e. The normalized spacial score (nSPS) is 12.6. The maximum absolute atomic E-state index is 14.4. The maximum Gasteiger partial charge on any atom is 0.355 e. The van der Waals surface area contributed by atoms with Crippen LogP contribution < -0.4 is 10.9 Å². The van der Waals surface area contributed by atoms with Gasteiger partial charge < -0.3 is 15.0 Å². The summed E-state index contributed by atoms with van der Waals surface area (Å²) in [6.45, 7) is 9.63. The number of carbonyl (C=O) groups is 2. The second-order valence-corrected chi connectivity index (χ2v) is 10.5. The SMILES string of the molecule is CCCc1c(C(=O)OCC)[nH]c2c1c(=O)n(C(C(=O)NC(C)(C)C)c1ccc(Cl)cc1)c1ccccc21. The minimum atomic E-state index is -0.964. The Bertz CT molecular complexity index is 1530. The Hall–Kier alpha value is -3.58. The van der Waals surface area contributed by atoms with E-state index in [9.17, 15) is 14.4 Å². The van der Waals surface area contributed by atoms with Gasteiger partial charge in [-0.2, -0.15) is 0 Å². The summed E-state index contributed by atoms with van der Waals surface area (Å²) in [5.41, 5.74) is 1.76. The first-order chi connectivity index (χ1) is 17.6. The number of amides is 1. The number of para-hydroxylation sites is 1. The van der Waals surface area contributed by atoms with E-state index in [0.29, 0.717) is 39.0 Å².